The van der Waals surface area contributed by atoms with E-state index in [0.29, 0.717) is 13.0 Å². The maximum absolute atomic E-state index is 12.6. The van der Waals surface area contributed by atoms with Crippen LogP contribution >= 0.6 is 0 Å². The van der Waals surface area contributed by atoms with E-state index in [-0.39, 0.29) is 16.8 Å². The number of hydrogen-bond donors (Lipinski definition) is 1. The molecule has 1 aliphatic rings. The van der Waals surface area contributed by atoms with Crippen molar-refractivity contribution in [2.45, 2.75) is 37.1 Å². The van der Waals surface area contributed by atoms with Crippen LogP contribution in [0.4, 0.5) is 5.69 Å². The average molecular weight is 358 g/mol. The fourth-order valence-corrected chi connectivity index (χ4v) is 4.23. The van der Waals surface area contributed by atoms with Crippen molar-refractivity contribution in [1.82, 2.24) is 4.72 Å². The van der Waals surface area contributed by atoms with Crippen molar-refractivity contribution in [3.05, 3.63) is 60.2 Å². The van der Waals surface area contributed by atoms with Crippen molar-refractivity contribution in [2.75, 3.05) is 11.4 Å². The van der Waals surface area contributed by atoms with Crippen molar-refractivity contribution in [1.29, 1.82) is 0 Å². The lowest BCUT2D eigenvalue weighted by Gasteiger charge is -2.26. The Hall–Kier alpha value is -2.18. The maximum Gasteiger partial charge on any atom is 0.241 e. The zero-order valence-corrected chi connectivity index (χ0v) is 15.0. The molecule has 2 aromatic carbocycles. The molecule has 0 spiro atoms. The summed E-state index contributed by atoms with van der Waals surface area (Å²) in [6, 6.07) is 15.6. The van der Waals surface area contributed by atoms with Crippen LogP contribution in [0.15, 0.2) is 59.5 Å². The lowest BCUT2D eigenvalue weighted by molar-refractivity contribution is -0.119. The van der Waals surface area contributed by atoms with E-state index in [4.69, 9.17) is 0 Å². The molecule has 1 amide bonds. The second-order valence-electron chi connectivity index (χ2n) is 6.25. The highest BCUT2D eigenvalue weighted by molar-refractivity contribution is 7.89. The number of carbonyl (C=O) groups excluding carboxylic acids is 1. The first kappa shape index (κ1) is 17.6. The van der Waals surface area contributed by atoms with Gasteiger partial charge in [0.15, 0.2) is 0 Å². The Balaban J connectivity index is 1.75. The third-order valence-electron chi connectivity index (χ3n) is 4.41. The number of benzene rings is 2. The number of hydrogen-bond acceptors (Lipinski definition) is 3. The second-order valence-corrected chi connectivity index (χ2v) is 7.96. The minimum absolute atomic E-state index is 0.0951. The standard InChI is InChI=1S/C19H22N2O3S/c1-15(16-7-3-2-4-8-16)20-25(23,24)18-12-10-17(11-13-18)21-14-6-5-9-19(21)22/h2-4,7-8,10-13,15,20H,5-6,9,14H2,1H3/t15-/m1/s1. The lowest BCUT2D eigenvalue weighted by Crippen LogP contribution is -2.35. The topological polar surface area (TPSA) is 66.5 Å². The summed E-state index contributed by atoms with van der Waals surface area (Å²) in [7, 11) is -3.62. The lowest BCUT2D eigenvalue weighted by atomic mass is 10.1. The van der Waals surface area contributed by atoms with E-state index < -0.39 is 10.0 Å². The minimum Gasteiger partial charge on any atom is -0.312 e. The number of anilines is 1. The molecule has 1 N–H and O–H groups in total. The van der Waals surface area contributed by atoms with Crippen LogP contribution < -0.4 is 9.62 Å². The highest BCUT2D eigenvalue weighted by atomic mass is 32.2. The van der Waals surface area contributed by atoms with Gasteiger partial charge in [-0.3, -0.25) is 4.79 Å². The smallest absolute Gasteiger partial charge is 0.241 e. The van der Waals surface area contributed by atoms with Gasteiger partial charge in [0.05, 0.1) is 4.90 Å². The summed E-state index contributed by atoms with van der Waals surface area (Å²) < 4.78 is 27.8. The number of nitrogens with one attached hydrogen (secondary N) is 1. The SMILES string of the molecule is C[C@@H](NS(=O)(=O)c1ccc(N2CCCCC2=O)cc1)c1ccccc1. The Kier molecular flexibility index (Phi) is 5.20. The monoisotopic (exact) mass is 358 g/mol. The molecular formula is C19H22N2O3S. The van der Waals surface area contributed by atoms with Crippen LogP contribution in [0.5, 0.6) is 0 Å². The molecule has 1 saturated heterocycles. The first-order chi connectivity index (χ1) is 12.0. The van der Waals surface area contributed by atoms with Gasteiger partial charge in [-0.2, -0.15) is 0 Å². The van der Waals surface area contributed by atoms with Gasteiger partial charge in [0.2, 0.25) is 15.9 Å². The molecule has 1 fully saturated rings. The van der Waals surface area contributed by atoms with E-state index in [2.05, 4.69) is 4.72 Å². The summed E-state index contributed by atoms with van der Waals surface area (Å²) >= 11 is 0. The van der Waals surface area contributed by atoms with Crippen LogP contribution in [0.25, 0.3) is 0 Å². The Morgan fingerprint density at radius 2 is 1.68 bits per heavy atom. The number of piperidine rings is 1. The molecule has 0 radical (unpaired) electrons. The quantitative estimate of drug-likeness (QED) is 0.892. The number of carbonyl (C=O) groups is 1. The zero-order valence-electron chi connectivity index (χ0n) is 14.2. The van der Waals surface area contributed by atoms with Gasteiger partial charge in [0.1, 0.15) is 0 Å². The number of amides is 1. The third-order valence-corrected chi connectivity index (χ3v) is 5.97. The van der Waals surface area contributed by atoms with Crippen molar-refractivity contribution >= 4 is 21.6 Å². The van der Waals surface area contributed by atoms with Crippen molar-refractivity contribution in [3.8, 4) is 0 Å². The fourth-order valence-electron chi connectivity index (χ4n) is 2.99. The predicted molar refractivity (Wildman–Crippen MR) is 97.8 cm³/mol. The summed E-state index contributed by atoms with van der Waals surface area (Å²) in [5.74, 6) is 0.0951. The van der Waals surface area contributed by atoms with Crippen LogP contribution in [0, 0.1) is 0 Å². The Labute approximate surface area is 148 Å². The molecule has 3 rings (SSSR count). The minimum atomic E-state index is -3.62. The highest BCUT2D eigenvalue weighted by Crippen LogP contribution is 2.23. The molecular weight excluding hydrogens is 336 g/mol. The first-order valence-corrected chi connectivity index (χ1v) is 9.93. The van der Waals surface area contributed by atoms with Gasteiger partial charge in [0, 0.05) is 24.7 Å². The highest BCUT2D eigenvalue weighted by Gasteiger charge is 2.22. The molecule has 0 saturated carbocycles. The van der Waals surface area contributed by atoms with E-state index in [9.17, 15) is 13.2 Å². The summed E-state index contributed by atoms with van der Waals surface area (Å²) in [4.78, 5) is 13.9. The molecule has 1 heterocycles. The van der Waals surface area contributed by atoms with Crippen molar-refractivity contribution < 1.29 is 13.2 Å². The van der Waals surface area contributed by atoms with Crippen LogP contribution in [-0.4, -0.2) is 20.9 Å². The maximum atomic E-state index is 12.6. The Morgan fingerprint density at radius 3 is 2.32 bits per heavy atom. The molecule has 25 heavy (non-hydrogen) atoms. The summed E-state index contributed by atoms with van der Waals surface area (Å²) in [6.45, 7) is 2.50. The summed E-state index contributed by atoms with van der Waals surface area (Å²) in [5.41, 5.74) is 1.65. The summed E-state index contributed by atoms with van der Waals surface area (Å²) in [6.07, 6.45) is 2.45. The zero-order chi connectivity index (χ0) is 17.9. The average Bonchev–Trinajstić information content (AvgIpc) is 2.63. The molecule has 132 valence electrons. The van der Waals surface area contributed by atoms with Crippen LogP contribution in [-0.2, 0) is 14.8 Å². The molecule has 0 unspecified atom stereocenters. The molecule has 0 aromatic heterocycles. The fraction of sp³-hybridized carbons (Fsp3) is 0.316. The van der Waals surface area contributed by atoms with Gasteiger partial charge < -0.3 is 4.90 Å². The largest absolute Gasteiger partial charge is 0.312 e. The third kappa shape index (κ3) is 4.08. The van der Waals surface area contributed by atoms with Crippen LogP contribution in [0.2, 0.25) is 0 Å². The molecule has 6 heteroatoms. The summed E-state index contributed by atoms with van der Waals surface area (Å²) in [5, 5.41) is 0. The molecule has 2 aromatic rings. The Morgan fingerprint density at radius 1 is 1.00 bits per heavy atom. The van der Waals surface area contributed by atoms with E-state index in [0.717, 1.165) is 24.1 Å². The van der Waals surface area contributed by atoms with E-state index >= 15 is 0 Å². The Bertz CT molecular complexity index is 833. The predicted octanol–water partition coefficient (Wildman–Crippen LogP) is 3.24. The van der Waals surface area contributed by atoms with Crippen LogP contribution in [0.1, 0.15) is 37.8 Å². The van der Waals surface area contributed by atoms with Gasteiger partial charge in [-0.25, -0.2) is 13.1 Å². The number of sulfonamides is 1. The first-order valence-electron chi connectivity index (χ1n) is 8.45. The molecule has 5 nitrogen and oxygen atoms in total. The van der Waals surface area contributed by atoms with E-state index in [1.165, 1.54) is 0 Å². The van der Waals surface area contributed by atoms with Gasteiger partial charge in [-0.15, -0.1) is 0 Å². The van der Waals surface area contributed by atoms with Gasteiger partial charge >= 0.3 is 0 Å². The van der Waals surface area contributed by atoms with E-state index in [1.54, 1.807) is 29.2 Å². The normalized spacial score (nSPS) is 16.7. The molecule has 1 atom stereocenters. The van der Waals surface area contributed by atoms with Gasteiger partial charge in [-0.05, 0) is 49.6 Å². The number of nitrogens with zero attached hydrogens (tertiary/aromatic N) is 1. The molecule has 1 aliphatic heterocycles. The van der Waals surface area contributed by atoms with Gasteiger partial charge in [0.25, 0.3) is 0 Å². The molecule has 0 bridgehead atoms. The van der Waals surface area contributed by atoms with Gasteiger partial charge in [-0.1, -0.05) is 30.3 Å². The molecule has 0 aliphatic carbocycles. The number of rotatable bonds is 5. The van der Waals surface area contributed by atoms with Crippen LogP contribution in [0.3, 0.4) is 0 Å². The van der Waals surface area contributed by atoms with Crippen molar-refractivity contribution in [3.63, 3.8) is 0 Å². The van der Waals surface area contributed by atoms with E-state index in [1.807, 2.05) is 37.3 Å². The second kappa shape index (κ2) is 7.37. The van der Waals surface area contributed by atoms with Crippen molar-refractivity contribution in [2.24, 2.45) is 0 Å².